The second kappa shape index (κ2) is 10.0. The van der Waals surface area contributed by atoms with Gasteiger partial charge in [0.2, 0.25) is 0 Å². The number of nitrogens with one attached hydrogen (secondary N) is 1. The topological polar surface area (TPSA) is 62.1 Å². The van der Waals surface area contributed by atoms with Crippen LogP contribution in [0.2, 0.25) is 0 Å². The number of nitrogens with zero attached hydrogens (tertiary/aromatic N) is 1. The van der Waals surface area contributed by atoms with Crippen LogP contribution in [0.1, 0.15) is 32.6 Å². The van der Waals surface area contributed by atoms with Gasteiger partial charge >= 0.3 is 5.97 Å². The molecule has 0 aromatic heterocycles. The molecule has 1 rings (SSSR count). The van der Waals surface area contributed by atoms with Crippen molar-refractivity contribution in [3.8, 4) is 6.07 Å². The number of esters is 1. The van der Waals surface area contributed by atoms with Gasteiger partial charge in [0.25, 0.3) is 0 Å². The van der Waals surface area contributed by atoms with Crippen molar-refractivity contribution < 1.29 is 9.53 Å². The number of nitriles is 1. The Balaban J connectivity index is 0.000000249. The van der Waals surface area contributed by atoms with Gasteiger partial charge in [-0.15, -0.1) is 0 Å². The molecule has 1 fully saturated rings. The van der Waals surface area contributed by atoms with Crippen LogP contribution in [0.3, 0.4) is 0 Å². The third kappa shape index (κ3) is 9.01. The van der Waals surface area contributed by atoms with E-state index in [1.807, 2.05) is 0 Å². The van der Waals surface area contributed by atoms with Crippen LogP contribution in [0, 0.1) is 11.3 Å². The highest BCUT2D eigenvalue weighted by atomic mass is 16.5. The Labute approximate surface area is 85.2 Å². The van der Waals surface area contributed by atoms with Crippen molar-refractivity contribution in [2.75, 3.05) is 19.7 Å². The summed E-state index contributed by atoms with van der Waals surface area (Å²) in [7, 11) is 0. The lowest BCUT2D eigenvalue weighted by Gasteiger charge is -2.08. The lowest BCUT2D eigenvalue weighted by Crippen LogP contribution is -2.21. The van der Waals surface area contributed by atoms with Crippen LogP contribution in [0.4, 0.5) is 0 Å². The van der Waals surface area contributed by atoms with Crippen LogP contribution < -0.4 is 5.32 Å². The zero-order valence-corrected chi connectivity index (χ0v) is 8.71. The van der Waals surface area contributed by atoms with E-state index in [0.29, 0.717) is 6.42 Å². The Morgan fingerprint density at radius 1 is 1.43 bits per heavy atom. The molecule has 1 saturated heterocycles. The van der Waals surface area contributed by atoms with Crippen molar-refractivity contribution in [2.45, 2.75) is 32.6 Å². The van der Waals surface area contributed by atoms with Gasteiger partial charge in [-0.3, -0.25) is 4.79 Å². The fourth-order valence-corrected chi connectivity index (χ4v) is 1.02. The first-order valence-corrected chi connectivity index (χ1v) is 5.04. The summed E-state index contributed by atoms with van der Waals surface area (Å²) in [4.78, 5) is 10.2. The zero-order valence-electron chi connectivity index (χ0n) is 8.71. The Morgan fingerprint density at radius 3 is 2.36 bits per heavy atom. The maximum atomic E-state index is 10.2. The Hall–Kier alpha value is -1.08. The van der Waals surface area contributed by atoms with Gasteiger partial charge in [0.15, 0.2) is 6.61 Å². The largest absolute Gasteiger partial charge is 0.450 e. The number of piperidine rings is 1. The van der Waals surface area contributed by atoms with E-state index in [9.17, 15) is 4.79 Å². The van der Waals surface area contributed by atoms with Crippen molar-refractivity contribution in [3.63, 3.8) is 0 Å². The van der Waals surface area contributed by atoms with Crippen LogP contribution in [0.15, 0.2) is 0 Å². The summed E-state index contributed by atoms with van der Waals surface area (Å²) in [5.41, 5.74) is 0. The second-order valence-corrected chi connectivity index (χ2v) is 2.98. The smallest absolute Gasteiger partial charge is 0.306 e. The molecule has 0 aliphatic carbocycles. The van der Waals surface area contributed by atoms with Crippen molar-refractivity contribution in [1.29, 1.82) is 5.26 Å². The minimum absolute atomic E-state index is 0.132. The predicted molar refractivity (Wildman–Crippen MR) is 53.6 cm³/mol. The van der Waals surface area contributed by atoms with E-state index in [1.54, 1.807) is 13.0 Å². The van der Waals surface area contributed by atoms with Gasteiger partial charge in [-0.05, 0) is 25.9 Å². The average molecular weight is 198 g/mol. The molecule has 0 unspecified atom stereocenters. The highest BCUT2D eigenvalue weighted by molar-refractivity contribution is 5.68. The molecule has 0 aromatic rings. The van der Waals surface area contributed by atoms with Crippen LogP contribution in [0.25, 0.3) is 0 Å². The van der Waals surface area contributed by atoms with E-state index in [2.05, 4.69) is 10.1 Å². The molecule has 4 nitrogen and oxygen atoms in total. The van der Waals surface area contributed by atoms with Crippen molar-refractivity contribution in [3.05, 3.63) is 0 Å². The quantitative estimate of drug-likeness (QED) is 0.678. The van der Waals surface area contributed by atoms with Gasteiger partial charge in [0.1, 0.15) is 6.07 Å². The lowest BCUT2D eigenvalue weighted by atomic mass is 10.2. The summed E-state index contributed by atoms with van der Waals surface area (Å²) in [5, 5.41) is 11.2. The van der Waals surface area contributed by atoms with E-state index in [4.69, 9.17) is 5.26 Å². The Morgan fingerprint density at radius 2 is 2.07 bits per heavy atom. The number of carbonyl (C=O) groups excluding carboxylic acids is 1. The van der Waals surface area contributed by atoms with Crippen molar-refractivity contribution in [2.24, 2.45) is 0 Å². The van der Waals surface area contributed by atoms with Crippen LogP contribution in [-0.4, -0.2) is 25.7 Å². The number of hydrogen-bond acceptors (Lipinski definition) is 4. The normalized spacial score (nSPS) is 14.6. The molecule has 0 radical (unpaired) electrons. The van der Waals surface area contributed by atoms with Gasteiger partial charge in [-0.25, -0.2) is 0 Å². The third-order valence-corrected chi connectivity index (χ3v) is 1.79. The maximum absolute atomic E-state index is 10.2. The highest BCUT2D eigenvalue weighted by Crippen LogP contribution is 1.96. The molecule has 80 valence electrons. The average Bonchev–Trinajstić information content (AvgIpc) is 2.29. The van der Waals surface area contributed by atoms with E-state index in [1.165, 1.54) is 32.4 Å². The molecule has 0 atom stereocenters. The van der Waals surface area contributed by atoms with E-state index in [-0.39, 0.29) is 12.6 Å². The molecule has 4 heteroatoms. The van der Waals surface area contributed by atoms with Crippen LogP contribution in [-0.2, 0) is 9.53 Å². The van der Waals surface area contributed by atoms with Gasteiger partial charge < -0.3 is 10.1 Å². The minimum atomic E-state index is -0.327. The Kier molecular flexibility index (Phi) is 9.23. The summed E-state index contributed by atoms with van der Waals surface area (Å²) < 4.78 is 4.34. The molecule has 14 heavy (non-hydrogen) atoms. The number of carbonyl (C=O) groups is 1. The van der Waals surface area contributed by atoms with E-state index < -0.39 is 0 Å². The summed E-state index contributed by atoms with van der Waals surface area (Å²) in [5.74, 6) is -0.327. The summed E-state index contributed by atoms with van der Waals surface area (Å²) >= 11 is 0. The van der Waals surface area contributed by atoms with Gasteiger partial charge in [-0.2, -0.15) is 5.26 Å². The molecule has 0 aromatic carbocycles. The molecular formula is C10H18N2O2. The van der Waals surface area contributed by atoms with Gasteiger partial charge in [-0.1, -0.05) is 13.3 Å². The molecule has 1 N–H and O–H groups in total. The molecule has 0 bridgehead atoms. The third-order valence-electron chi connectivity index (χ3n) is 1.79. The number of hydrogen-bond donors (Lipinski definition) is 1. The van der Waals surface area contributed by atoms with Crippen LogP contribution >= 0.6 is 0 Å². The Bertz CT molecular complexity index is 172. The molecule has 0 saturated carbocycles. The number of ether oxygens (including phenoxy) is 1. The molecule has 0 amide bonds. The molecule has 1 heterocycles. The van der Waals surface area contributed by atoms with Gasteiger partial charge in [0.05, 0.1) is 0 Å². The molecule has 1 aliphatic rings. The van der Waals surface area contributed by atoms with Crippen LogP contribution in [0.5, 0.6) is 0 Å². The second-order valence-electron chi connectivity index (χ2n) is 2.98. The zero-order chi connectivity index (χ0) is 10.6. The number of rotatable bonds is 2. The predicted octanol–water partition coefficient (Wildman–Crippen LogP) is 1.22. The molecular weight excluding hydrogens is 180 g/mol. The summed E-state index contributed by atoms with van der Waals surface area (Å²) in [6.45, 7) is 4.05. The first-order chi connectivity index (χ1) is 6.81. The highest BCUT2D eigenvalue weighted by Gasteiger charge is 1.94. The maximum Gasteiger partial charge on any atom is 0.306 e. The standard InChI is InChI=1S/C5H7NO2.C5H11N/c1-2-5(7)8-4-3-6;1-2-4-6-5-3-1/h2,4H2,1H3;6H,1-5H2. The fraction of sp³-hybridized carbons (Fsp3) is 0.800. The monoisotopic (exact) mass is 198 g/mol. The lowest BCUT2D eigenvalue weighted by molar-refractivity contribution is -0.141. The SMILES string of the molecule is C1CCNCC1.CCC(=O)OCC#N. The summed E-state index contributed by atoms with van der Waals surface area (Å²) in [6.07, 6.45) is 4.55. The van der Waals surface area contributed by atoms with Gasteiger partial charge in [0, 0.05) is 6.42 Å². The first kappa shape index (κ1) is 12.9. The molecule has 1 aliphatic heterocycles. The summed E-state index contributed by atoms with van der Waals surface area (Å²) in [6, 6.07) is 1.69. The van der Waals surface area contributed by atoms with Crippen molar-refractivity contribution in [1.82, 2.24) is 5.32 Å². The molecule has 0 spiro atoms. The minimum Gasteiger partial charge on any atom is -0.450 e. The van der Waals surface area contributed by atoms with E-state index in [0.717, 1.165) is 0 Å². The van der Waals surface area contributed by atoms with Crippen molar-refractivity contribution >= 4 is 5.97 Å². The fourth-order valence-electron chi connectivity index (χ4n) is 1.02. The van der Waals surface area contributed by atoms with E-state index >= 15 is 0 Å². The first-order valence-electron chi connectivity index (χ1n) is 5.04.